The topological polar surface area (TPSA) is 90.3 Å². The largest absolute Gasteiger partial charge is 0.460 e. The molecule has 0 bridgehead atoms. The zero-order valence-corrected chi connectivity index (χ0v) is 26.7. The van der Waals surface area contributed by atoms with Crippen LogP contribution in [-0.2, 0) is 27.3 Å². The number of nitrogens with one attached hydrogen (secondary N) is 1. The van der Waals surface area contributed by atoms with Gasteiger partial charge in [-0.15, -0.1) is 0 Å². The van der Waals surface area contributed by atoms with Crippen molar-refractivity contribution < 1.29 is 14.3 Å². The fourth-order valence-corrected chi connectivity index (χ4v) is 6.19. The van der Waals surface area contributed by atoms with Crippen LogP contribution in [0, 0.1) is 12.8 Å². The van der Waals surface area contributed by atoms with Gasteiger partial charge in [-0.2, -0.15) is 5.10 Å². The SMILES string of the molecule is Cc1c(CCC(=O)OC(C)(C)C)cccc1NC(=O)C(c1ccc(Cn2nc(-c3ccccc3)ccc2=O)cc1)C1CCCC1. The predicted molar refractivity (Wildman–Crippen MR) is 178 cm³/mol. The summed E-state index contributed by atoms with van der Waals surface area (Å²) in [6.07, 6.45) is 5.10. The highest BCUT2D eigenvalue weighted by Gasteiger charge is 2.32. The fourth-order valence-electron chi connectivity index (χ4n) is 6.19. The molecular weight excluding hydrogens is 562 g/mol. The second-order valence-corrected chi connectivity index (χ2v) is 13.0. The van der Waals surface area contributed by atoms with Gasteiger partial charge in [-0.25, -0.2) is 4.68 Å². The number of carbonyl (C=O) groups is 2. The first-order valence-corrected chi connectivity index (χ1v) is 15.9. The van der Waals surface area contributed by atoms with Gasteiger partial charge in [-0.1, -0.05) is 79.6 Å². The Kier molecular flexibility index (Phi) is 9.96. The molecule has 0 saturated heterocycles. The van der Waals surface area contributed by atoms with Gasteiger partial charge in [0.05, 0.1) is 18.2 Å². The molecule has 1 aliphatic rings. The summed E-state index contributed by atoms with van der Waals surface area (Å²) in [5, 5.41) is 7.83. The smallest absolute Gasteiger partial charge is 0.306 e. The number of aromatic nitrogens is 2. The Hall–Kier alpha value is -4.52. The highest BCUT2D eigenvalue weighted by Crippen LogP contribution is 2.38. The van der Waals surface area contributed by atoms with Gasteiger partial charge in [0.2, 0.25) is 5.91 Å². The number of benzene rings is 3. The van der Waals surface area contributed by atoms with Crippen LogP contribution < -0.4 is 10.9 Å². The van der Waals surface area contributed by atoms with Crippen LogP contribution in [0.2, 0.25) is 0 Å². The van der Waals surface area contributed by atoms with E-state index >= 15 is 0 Å². The van der Waals surface area contributed by atoms with Crippen LogP contribution in [0.1, 0.15) is 81.0 Å². The van der Waals surface area contributed by atoms with Gasteiger partial charge in [0.25, 0.3) is 5.56 Å². The molecule has 7 heteroatoms. The third kappa shape index (κ3) is 8.35. The Labute approximate surface area is 265 Å². The van der Waals surface area contributed by atoms with Crippen molar-refractivity contribution in [3.8, 4) is 11.3 Å². The molecule has 1 aliphatic carbocycles. The van der Waals surface area contributed by atoms with E-state index in [1.165, 1.54) is 4.68 Å². The molecule has 1 atom stereocenters. The molecule has 0 aliphatic heterocycles. The number of nitrogens with zero attached hydrogens (tertiary/aromatic N) is 2. The van der Waals surface area contributed by atoms with Crippen molar-refractivity contribution in [1.82, 2.24) is 9.78 Å². The molecule has 4 aromatic rings. The van der Waals surface area contributed by atoms with E-state index in [0.717, 1.165) is 64.9 Å². The second kappa shape index (κ2) is 14.1. The third-order valence-corrected chi connectivity index (χ3v) is 8.48. The Morgan fingerprint density at radius 3 is 2.33 bits per heavy atom. The van der Waals surface area contributed by atoms with Crippen molar-refractivity contribution in [1.29, 1.82) is 0 Å². The zero-order valence-electron chi connectivity index (χ0n) is 26.7. The number of ether oxygens (including phenoxy) is 1. The van der Waals surface area contributed by atoms with Crippen LogP contribution in [0.25, 0.3) is 11.3 Å². The number of rotatable bonds is 10. The molecule has 1 aromatic heterocycles. The first-order valence-electron chi connectivity index (χ1n) is 15.9. The number of amides is 1. The number of aryl methyl sites for hydroxylation is 1. The quantitative estimate of drug-likeness (QED) is 0.190. The first-order chi connectivity index (χ1) is 21.6. The number of hydrogen-bond donors (Lipinski definition) is 1. The molecule has 1 fully saturated rings. The standard InChI is InChI=1S/C38H43N3O4/c1-26-28(21-24-35(43)45-38(2,3)4)15-10-16-32(26)39-37(44)36(30-13-8-9-14-30)31-19-17-27(18-20-31)25-41-34(42)23-22-33(40-41)29-11-6-5-7-12-29/h5-7,10-12,15-20,22-23,30,36H,8-9,13-14,21,24-25H2,1-4H3,(H,39,44). The van der Waals surface area contributed by atoms with E-state index in [4.69, 9.17) is 4.74 Å². The first kappa shape index (κ1) is 31.9. The Bertz CT molecular complexity index is 1680. The third-order valence-electron chi connectivity index (χ3n) is 8.48. The highest BCUT2D eigenvalue weighted by atomic mass is 16.6. The van der Waals surface area contributed by atoms with Crippen LogP contribution in [0.3, 0.4) is 0 Å². The van der Waals surface area contributed by atoms with Crippen LogP contribution in [-0.4, -0.2) is 27.3 Å². The van der Waals surface area contributed by atoms with Crippen molar-refractivity contribution in [3.05, 3.63) is 118 Å². The molecule has 1 heterocycles. The van der Waals surface area contributed by atoms with E-state index in [2.05, 4.69) is 10.4 Å². The maximum absolute atomic E-state index is 13.9. The van der Waals surface area contributed by atoms with Gasteiger partial charge in [0.15, 0.2) is 0 Å². The highest BCUT2D eigenvalue weighted by molar-refractivity contribution is 5.97. The van der Waals surface area contributed by atoms with E-state index in [1.54, 1.807) is 12.1 Å². The molecule has 45 heavy (non-hydrogen) atoms. The van der Waals surface area contributed by atoms with Gasteiger partial charge in [0, 0.05) is 23.7 Å². The lowest BCUT2D eigenvalue weighted by Crippen LogP contribution is -2.27. The molecule has 1 saturated carbocycles. The van der Waals surface area contributed by atoms with Crippen LogP contribution in [0.15, 0.2) is 89.7 Å². The molecule has 1 amide bonds. The lowest BCUT2D eigenvalue weighted by atomic mass is 9.83. The molecule has 3 aromatic carbocycles. The molecule has 5 rings (SSSR count). The Morgan fingerprint density at radius 2 is 1.64 bits per heavy atom. The van der Waals surface area contributed by atoms with Gasteiger partial charge in [-0.3, -0.25) is 14.4 Å². The van der Waals surface area contributed by atoms with Crippen molar-refractivity contribution in [3.63, 3.8) is 0 Å². The fraction of sp³-hybridized carbons (Fsp3) is 0.368. The summed E-state index contributed by atoms with van der Waals surface area (Å²) in [4.78, 5) is 38.9. The van der Waals surface area contributed by atoms with Crippen LogP contribution >= 0.6 is 0 Å². The van der Waals surface area contributed by atoms with Crippen LogP contribution in [0.5, 0.6) is 0 Å². The van der Waals surface area contributed by atoms with E-state index in [1.807, 2.05) is 100 Å². The van der Waals surface area contributed by atoms with Crippen molar-refractivity contribution in [2.75, 3.05) is 5.32 Å². The maximum Gasteiger partial charge on any atom is 0.306 e. The normalized spacial score (nSPS) is 14.2. The number of esters is 1. The van der Waals surface area contributed by atoms with Gasteiger partial charge >= 0.3 is 5.97 Å². The summed E-state index contributed by atoms with van der Waals surface area (Å²) < 4.78 is 6.96. The number of hydrogen-bond acceptors (Lipinski definition) is 5. The van der Waals surface area contributed by atoms with E-state index in [9.17, 15) is 14.4 Å². The molecule has 0 spiro atoms. The van der Waals surface area contributed by atoms with Crippen molar-refractivity contribution in [2.24, 2.45) is 5.92 Å². The summed E-state index contributed by atoms with van der Waals surface area (Å²) >= 11 is 0. The summed E-state index contributed by atoms with van der Waals surface area (Å²) in [6.45, 7) is 7.93. The summed E-state index contributed by atoms with van der Waals surface area (Å²) in [5.74, 6) is -0.270. The van der Waals surface area contributed by atoms with Gasteiger partial charge in [0.1, 0.15) is 5.60 Å². The Morgan fingerprint density at radius 1 is 0.933 bits per heavy atom. The molecule has 7 nitrogen and oxygen atoms in total. The predicted octanol–water partition coefficient (Wildman–Crippen LogP) is 7.45. The molecule has 1 unspecified atom stereocenters. The summed E-state index contributed by atoms with van der Waals surface area (Å²) in [6, 6.07) is 27.0. The molecular formula is C38H43N3O4. The molecule has 1 N–H and O–H groups in total. The molecule has 234 valence electrons. The zero-order chi connectivity index (χ0) is 32.0. The lowest BCUT2D eigenvalue weighted by Gasteiger charge is -2.24. The second-order valence-electron chi connectivity index (χ2n) is 13.0. The van der Waals surface area contributed by atoms with Crippen molar-refractivity contribution >= 4 is 17.6 Å². The Balaban J connectivity index is 1.31. The number of carbonyl (C=O) groups excluding carboxylic acids is 2. The average Bonchev–Trinajstić information content (AvgIpc) is 3.54. The maximum atomic E-state index is 13.9. The minimum atomic E-state index is -0.516. The van der Waals surface area contributed by atoms with E-state index < -0.39 is 5.60 Å². The van der Waals surface area contributed by atoms with E-state index in [-0.39, 0.29) is 35.7 Å². The van der Waals surface area contributed by atoms with Crippen LogP contribution in [0.4, 0.5) is 5.69 Å². The summed E-state index contributed by atoms with van der Waals surface area (Å²) in [5.41, 5.74) is 5.68. The average molecular weight is 606 g/mol. The number of anilines is 1. The van der Waals surface area contributed by atoms with E-state index in [0.29, 0.717) is 13.0 Å². The molecule has 0 radical (unpaired) electrons. The van der Waals surface area contributed by atoms with Gasteiger partial charge in [-0.05, 0) is 87.3 Å². The lowest BCUT2D eigenvalue weighted by molar-refractivity contribution is -0.154. The monoisotopic (exact) mass is 605 g/mol. The van der Waals surface area contributed by atoms with Crippen molar-refractivity contribution in [2.45, 2.75) is 84.3 Å². The minimum Gasteiger partial charge on any atom is -0.460 e. The van der Waals surface area contributed by atoms with Gasteiger partial charge < -0.3 is 10.1 Å². The summed E-state index contributed by atoms with van der Waals surface area (Å²) in [7, 11) is 0. The minimum absolute atomic E-state index is 0.0181.